The molecule has 0 aliphatic heterocycles. The van der Waals surface area contributed by atoms with Crippen LogP contribution in [0.25, 0.3) is 0 Å². The van der Waals surface area contributed by atoms with E-state index in [1.807, 2.05) is 13.0 Å². The number of nitrogens with two attached hydrogens (primary N) is 1. The van der Waals surface area contributed by atoms with Crippen molar-refractivity contribution in [2.75, 3.05) is 5.73 Å². The summed E-state index contributed by atoms with van der Waals surface area (Å²) in [5.41, 5.74) is 7.64. The van der Waals surface area contributed by atoms with E-state index < -0.39 is 0 Å². The Morgan fingerprint density at radius 3 is 2.44 bits per heavy atom. The first-order valence-corrected chi connectivity index (χ1v) is 5.13. The zero-order valence-corrected chi connectivity index (χ0v) is 9.31. The van der Waals surface area contributed by atoms with Gasteiger partial charge < -0.3 is 5.73 Å². The SMILES string of the molecule is CC(c1ccc(F)cc1)c1cc(N)n(C)n1. The van der Waals surface area contributed by atoms with Gasteiger partial charge in [-0.2, -0.15) is 5.10 Å². The quantitative estimate of drug-likeness (QED) is 0.842. The molecule has 16 heavy (non-hydrogen) atoms. The largest absolute Gasteiger partial charge is 0.384 e. The number of benzene rings is 1. The predicted octanol–water partition coefficient (Wildman–Crippen LogP) is 2.29. The zero-order valence-electron chi connectivity index (χ0n) is 9.31. The molecular weight excluding hydrogens is 205 g/mol. The fourth-order valence-corrected chi connectivity index (χ4v) is 1.64. The van der Waals surface area contributed by atoms with Crippen LogP contribution in [0.5, 0.6) is 0 Å². The minimum Gasteiger partial charge on any atom is -0.384 e. The van der Waals surface area contributed by atoms with E-state index in [1.165, 1.54) is 12.1 Å². The smallest absolute Gasteiger partial charge is 0.123 e. The number of hydrogen-bond acceptors (Lipinski definition) is 2. The van der Waals surface area contributed by atoms with Gasteiger partial charge in [0.1, 0.15) is 11.6 Å². The molecule has 0 aliphatic carbocycles. The molecule has 1 unspecified atom stereocenters. The molecule has 0 saturated heterocycles. The molecular formula is C12H14FN3. The monoisotopic (exact) mass is 219 g/mol. The fraction of sp³-hybridized carbons (Fsp3) is 0.250. The molecule has 1 aromatic carbocycles. The van der Waals surface area contributed by atoms with Crippen molar-refractivity contribution in [3.63, 3.8) is 0 Å². The Kier molecular flexibility index (Phi) is 2.64. The van der Waals surface area contributed by atoms with Crippen LogP contribution < -0.4 is 5.73 Å². The summed E-state index contributed by atoms with van der Waals surface area (Å²) in [6, 6.07) is 8.29. The number of aryl methyl sites for hydroxylation is 1. The van der Waals surface area contributed by atoms with Gasteiger partial charge in [-0.3, -0.25) is 4.68 Å². The normalized spacial score (nSPS) is 12.7. The maximum Gasteiger partial charge on any atom is 0.123 e. The summed E-state index contributed by atoms with van der Waals surface area (Å²) < 4.78 is 14.4. The van der Waals surface area contributed by atoms with Gasteiger partial charge in [0, 0.05) is 19.0 Å². The average molecular weight is 219 g/mol. The van der Waals surface area contributed by atoms with E-state index in [9.17, 15) is 4.39 Å². The second kappa shape index (κ2) is 3.96. The van der Waals surface area contributed by atoms with Crippen molar-refractivity contribution in [2.45, 2.75) is 12.8 Å². The molecule has 0 radical (unpaired) electrons. The molecule has 2 aromatic rings. The predicted molar refractivity (Wildman–Crippen MR) is 61.5 cm³/mol. The van der Waals surface area contributed by atoms with Gasteiger partial charge in [-0.15, -0.1) is 0 Å². The van der Waals surface area contributed by atoms with Crippen molar-refractivity contribution in [3.8, 4) is 0 Å². The second-order valence-electron chi connectivity index (χ2n) is 3.89. The summed E-state index contributed by atoms with van der Waals surface area (Å²) in [5, 5.41) is 4.31. The van der Waals surface area contributed by atoms with E-state index >= 15 is 0 Å². The summed E-state index contributed by atoms with van der Waals surface area (Å²) in [6.45, 7) is 2.02. The van der Waals surface area contributed by atoms with Crippen LogP contribution >= 0.6 is 0 Å². The van der Waals surface area contributed by atoms with Crippen LogP contribution in [0, 0.1) is 5.82 Å². The van der Waals surface area contributed by atoms with Crippen molar-refractivity contribution in [2.24, 2.45) is 7.05 Å². The third kappa shape index (κ3) is 1.91. The van der Waals surface area contributed by atoms with Gasteiger partial charge in [-0.25, -0.2) is 4.39 Å². The number of nitrogens with zero attached hydrogens (tertiary/aromatic N) is 2. The summed E-state index contributed by atoms with van der Waals surface area (Å²) in [6.07, 6.45) is 0. The minimum absolute atomic E-state index is 0.115. The molecule has 0 saturated carbocycles. The fourth-order valence-electron chi connectivity index (χ4n) is 1.64. The molecule has 0 fully saturated rings. The number of rotatable bonds is 2. The number of aromatic nitrogens is 2. The van der Waals surface area contributed by atoms with Gasteiger partial charge >= 0.3 is 0 Å². The minimum atomic E-state index is -0.225. The maximum absolute atomic E-state index is 12.8. The van der Waals surface area contributed by atoms with Crippen molar-refractivity contribution in [1.82, 2.24) is 9.78 Å². The molecule has 0 spiro atoms. The Bertz CT molecular complexity index is 468. The Labute approximate surface area is 93.7 Å². The summed E-state index contributed by atoms with van der Waals surface area (Å²) in [4.78, 5) is 0. The van der Waals surface area contributed by atoms with Crippen LogP contribution in [0.2, 0.25) is 0 Å². The Morgan fingerprint density at radius 1 is 1.31 bits per heavy atom. The number of nitrogen functional groups attached to an aromatic ring is 1. The highest BCUT2D eigenvalue weighted by Gasteiger charge is 2.12. The van der Waals surface area contributed by atoms with Crippen molar-refractivity contribution >= 4 is 5.82 Å². The van der Waals surface area contributed by atoms with Gasteiger partial charge in [0.05, 0.1) is 5.69 Å². The molecule has 0 aliphatic rings. The summed E-state index contributed by atoms with van der Waals surface area (Å²) in [5.74, 6) is 0.518. The van der Waals surface area contributed by atoms with Crippen LogP contribution in [0.3, 0.4) is 0 Å². The highest BCUT2D eigenvalue weighted by Crippen LogP contribution is 2.24. The average Bonchev–Trinajstić information content (AvgIpc) is 2.59. The van der Waals surface area contributed by atoms with Crippen LogP contribution in [-0.4, -0.2) is 9.78 Å². The number of halogens is 1. The van der Waals surface area contributed by atoms with Crippen molar-refractivity contribution in [1.29, 1.82) is 0 Å². The first-order chi connectivity index (χ1) is 7.58. The van der Waals surface area contributed by atoms with Gasteiger partial charge in [0.15, 0.2) is 0 Å². The number of anilines is 1. The Hall–Kier alpha value is -1.84. The molecule has 2 N–H and O–H groups in total. The van der Waals surface area contributed by atoms with E-state index in [-0.39, 0.29) is 11.7 Å². The third-order valence-corrected chi connectivity index (χ3v) is 2.75. The van der Waals surface area contributed by atoms with Gasteiger partial charge in [-0.1, -0.05) is 19.1 Å². The highest BCUT2D eigenvalue weighted by molar-refractivity contribution is 5.36. The summed E-state index contributed by atoms with van der Waals surface area (Å²) >= 11 is 0. The molecule has 2 rings (SSSR count). The lowest BCUT2D eigenvalue weighted by Crippen LogP contribution is -2.00. The highest BCUT2D eigenvalue weighted by atomic mass is 19.1. The van der Waals surface area contributed by atoms with Gasteiger partial charge in [0.2, 0.25) is 0 Å². The molecule has 1 atom stereocenters. The standard InChI is InChI=1S/C12H14FN3/c1-8(9-3-5-10(13)6-4-9)11-7-12(14)16(2)15-11/h3-8H,14H2,1-2H3. The third-order valence-electron chi connectivity index (χ3n) is 2.75. The van der Waals surface area contributed by atoms with Crippen LogP contribution in [0.1, 0.15) is 24.1 Å². The van der Waals surface area contributed by atoms with Gasteiger partial charge in [0.25, 0.3) is 0 Å². The zero-order chi connectivity index (χ0) is 11.7. The molecule has 1 aromatic heterocycles. The van der Waals surface area contributed by atoms with Gasteiger partial charge in [-0.05, 0) is 17.7 Å². The number of hydrogen-bond donors (Lipinski definition) is 1. The Morgan fingerprint density at radius 2 is 1.94 bits per heavy atom. The van der Waals surface area contributed by atoms with E-state index in [0.717, 1.165) is 11.3 Å². The van der Waals surface area contributed by atoms with E-state index in [4.69, 9.17) is 5.73 Å². The van der Waals surface area contributed by atoms with Crippen LogP contribution in [0.4, 0.5) is 10.2 Å². The molecule has 4 heteroatoms. The molecule has 0 bridgehead atoms. The van der Waals surface area contributed by atoms with E-state index in [0.29, 0.717) is 5.82 Å². The van der Waals surface area contributed by atoms with E-state index in [1.54, 1.807) is 23.9 Å². The Balaban J connectivity index is 2.31. The lowest BCUT2D eigenvalue weighted by atomic mass is 9.98. The lowest BCUT2D eigenvalue weighted by Gasteiger charge is -2.08. The molecule has 0 amide bonds. The first-order valence-electron chi connectivity index (χ1n) is 5.13. The first kappa shape index (κ1) is 10.7. The summed E-state index contributed by atoms with van der Waals surface area (Å²) in [7, 11) is 1.80. The van der Waals surface area contributed by atoms with E-state index in [2.05, 4.69) is 5.10 Å². The molecule has 3 nitrogen and oxygen atoms in total. The lowest BCUT2D eigenvalue weighted by molar-refractivity contribution is 0.626. The van der Waals surface area contributed by atoms with Crippen LogP contribution in [-0.2, 0) is 7.05 Å². The maximum atomic E-state index is 12.8. The van der Waals surface area contributed by atoms with Crippen LogP contribution in [0.15, 0.2) is 30.3 Å². The molecule has 84 valence electrons. The van der Waals surface area contributed by atoms with Crippen molar-refractivity contribution in [3.05, 3.63) is 47.4 Å². The topological polar surface area (TPSA) is 43.8 Å². The van der Waals surface area contributed by atoms with Crippen molar-refractivity contribution < 1.29 is 4.39 Å². The second-order valence-corrected chi connectivity index (χ2v) is 3.89. The molecule has 1 heterocycles.